The molecule has 2 aromatic rings. The molecule has 0 saturated heterocycles. The molecule has 0 aliphatic rings. The summed E-state index contributed by atoms with van der Waals surface area (Å²) in [5.74, 6) is 0.910. The molecule has 21 heavy (non-hydrogen) atoms. The summed E-state index contributed by atoms with van der Waals surface area (Å²) in [5, 5.41) is 5.79. The van der Waals surface area contributed by atoms with Gasteiger partial charge in [-0.25, -0.2) is 0 Å². The largest absolute Gasteiger partial charge is 0.492 e. The van der Waals surface area contributed by atoms with E-state index >= 15 is 0 Å². The third-order valence-corrected chi connectivity index (χ3v) is 4.10. The minimum absolute atomic E-state index is 0.716. The standard InChI is InChI=1S/C17H22BrNO2/c1-20-12-4-10-19-11-5-13-21-16-9-8-14-6-2-3-7-15(14)17(16)18/h2-3,6-9,19H,4-5,10-13H2,1H3. The highest BCUT2D eigenvalue weighted by molar-refractivity contribution is 9.10. The number of halogens is 1. The van der Waals surface area contributed by atoms with Gasteiger partial charge in [0.2, 0.25) is 0 Å². The molecule has 0 aliphatic carbocycles. The molecule has 2 aromatic carbocycles. The van der Waals surface area contributed by atoms with Crippen LogP contribution in [0.15, 0.2) is 40.9 Å². The highest BCUT2D eigenvalue weighted by Crippen LogP contribution is 2.32. The maximum absolute atomic E-state index is 5.86. The number of benzene rings is 2. The summed E-state index contributed by atoms with van der Waals surface area (Å²) in [5.41, 5.74) is 0. The average Bonchev–Trinajstić information content (AvgIpc) is 2.52. The lowest BCUT2D eigenvalue weighted by Gasteiger charge is -2.10. The fraction of sp³-hybridized carbons (Fsp3) is 0.412. The third-order valence-electron chi connectivity index (χ3n) is 3.29. The smallest absolute Gasteiger partial charge is 0.134 e. The summed E-state index contributed by atoms with van der Waals surface area (Å²) < 4.78 is 11.9. The number of methoxy groups -OCH3 is 1. The molecule has 0 bridgehead atoms. The molecule has 0 aromatic heterocycles. The molecule has 114 valence electrons. The Morgan fingerprint density at radius 3 is 2.57 bits per heavy atom. The van der Waals surface area contributed by atoms with Crippen molar-refractivity contribution in [2.45, 2.75) is 12.8 Å². The van der Waals surface area contributed by atoms with Crippen LogP contribution in [0.1, 0.15) is 12.8 Å². The SMILES string of the molecule is COCCCNCCCOc1ccc2ccccc2c1Br. The number of nitrogens with one attached hydrogen (secondary N) is 1. The fourth-order valence-electron chi connectivity index (χ4n) is 2.17. The number of hydrogen-bond acceptors (Lipinski definition) is 3. The number of hydrogen-bond donors (Lipinski definition) is 1. The van der Waals surface area contributed by atoms with Gasteiger partial charge in [-0.1, -0.05) is 30.3 Å². The molecule has 4 heteroatoms. The van der Waals surface area contributed by atoms with E-state index < -0.39 is 0 Å². The summed E-state index contributed by atoms with van der Waals surface area (Å²) in [7, 11) is 1.73. The van der Waals surface area contributed by atoms with Crippen LogP contribution in [0.2, 0.25) is 0 Å². The van der Waals surface area contributed by atoms with Crippen molar-refractivity contribution >= 4 is 26.7 Å². The molecule has 0 unspecified atom stereocenters. The summed E-state index contributed by atoms with van der Waals surface area (Å²) >= 11 is 3.64. The van der Waals surface area contributed by atoms with Crippen LogP contribution in [0.25, 0.3) is 10.8 Å². The van der Waals surface area contributed by atoms with Crippen molar-refractivity contribution in [1.29, 1.82) is 0 Å². The lowest BCUT2D eigenvalue weighted by Crippen LogP contribution is -2.19. The van der Waals surface area contributed by atoms with E-state index in [1.807, 2.05) is 18.2 Å². The van der Waals surface area contributed by atoms with E-state index in [1.165, 1.54) is 10.8 Å². The molecule has 0 amide bonds. The van der Waals surface area contributed by atoms with Gasteiger partial charge in [-0.15, -0.1) is 0 Å². The second-order valence-corrected chi connectivity index (χ2v) is 5.69. The topological polar surface area (TPSA) is 30.5 Å². The fourth-order valence-corrected chi connectivity index (χ4v) is 2.78. The molecular formula is C17H22BrNO2. The van der Waals surface area contributed by atoms with E-state index in [0.717, 1.165) is 42.8 Å². The van der Waals surface area contributed by atoms with Crippen LogP contribution in [0.5, 0.6) is 5.75 Å². The van der Waals surface area contributed by atoms with E-state index in [-0.39, 0.29) is 0 Å². The molecule has 3 nitrogen and oxygen atoms in total. The van der Waals surface area contributed by atoms with Crippen molar-refractivity contribution in [1.82, 2.24) is 5.32 Å². The predicted molar refractivity (Wildman–Crippen MR) is 91.1 cm³/mol. The van der Waals surface area contributed by atoms with Crippen molar-refractivity contribution in [3.63, 3.8) is 0 Å². The zero-order chi connectivity index (χ0) is 14.9. The van der Waals surface area contributed by atoms with Crippen molar-refractivity contribution in [2.24, 2.45) is 0 Å². The Labute approximate surface area is 134 Å². The molecule has 0 fully saturated rings. The molecule has 0 radical (unpaired) electrons. The molecule has 0 atom stereocenters. The first-order valence-corrected chi connectivity index (χ1v) is 8.12. The van der Waals surface area contributed by atoms with Crippen LogP contribution in [-0.4, -0.2) is 33.4 Å². The second kappa shape index (κ2) is 9.03. The van der Waals surface area contributed by atoms with E-state index in [9.17, 15) is 0 Å². The monoisotopic (exact) mass is 351 g/mol. The first kappa shape index (κ1) is 16.3. The van der Waals surface area contributed by atoms with Crippen LogP contribution < -0.4 is 10.1 Å². The van der Waals surface area contributed by atoms with Gasteiger partial charge in [-0.05, 0) is 58.7 Å². The summed E-state index contributed by atoms with van der Waals surface area (Å²) in [6.45, 7) is 3.49. The lowest BCUT2D eigenvalue weighted by molar-refractivity contribution is 0.194. The zero-order valence-corrected chi connectivity index (χ0v) is 14.0. The molecule has 0 aliphatic heterocycles. The minimum Gasteiger partial charge on any atom is -0.492 e. The van der Waals surface area contributed by atoms with Crippen LogP contribution in [0.4, 0.5) is 0 Å². The van der Waals surface area contributed by atoms with Gasteiger partial charge in [0, 0.05) is 13.7 Å². The lowest BCUT2D eigenvalue weighted by atomic mass is 10.1. The van der Waals surface area contributed by atoms with Gasteiger partial charge >= 0.3 is 0 Å². The van der Waals surface area contributed by atoms with Crippen LogP contribution >= 0.6 is 15.9 Å². The number of fused-ring (bicyclic) bond motifs is 1. The van der Waals surface area contributed by atoms with Gasteiger partial charge < -0.3 is 14.8 Å². The van der Waals surface area contributed by atoms with E-state index in [0.29, 0.717) is 6.61 Å². The van der Waals surface area contributed by atoms with E-state index in [2.05, 4.69) is 39.4 Å². The molecule has 2 rings (SSSR count). The Kier molecular flexibility index (Phi) is 7.00. The second-order valence-electron chi connectivity index (χ2n) is 4.90. The Morgan fingerprint density at radius 1 is 1.00 bits per heavy atom. The van der Waals surface area contributed by atoms with Crippen LogP contribution in [0.3, 0.4) is 0 Å². The zero-order valence-electron chi connectivity index (χ0n) is 12.4. The molecule has 0 saturated carbocycles. The van der Waals surface area contributed by atoms with Gasteiger partial charge in [0.05, 0.1) is 11.1 Å². The average molecular weight is 352 g/mol. The van der Waals surface area contributed by atoms with Gasteiger partial charge in [0.15, 0.2) is 0 Å². The maximum atomic E-state index is 5.86. The molecule has 0 heterocycles. The van der Waals surface area contributed by atoms with Crippen LogP contribution in [0, 0.1) is 0 Å². The molecular weight excluding hydrogens is 330 g/mol. The van der Waals surface area contributed by atoms with Gasteiger partial charge in [0.25, 0.3) is 0 Å². The third kappa shape index (κ3) is 4.99. The predicted octanol–water partition coefficient (Wildman–Crippen LogP) is 4.00. The van der Waals surface area contributed by atoms with E-state index in [4.69, 9.17) is 9.47 Å². The van der Waals surface area contributed by atoms with Crippen molar-refractivity contribution in [2.75, 3.05) is 33.4 Å². The summed E-state index contributed by atoms with van der Waals surface area (Å²) in [6.07, 6.45) is 2.04. The highest BCUT2D eigenvalue weighted by atomic mass is 79.9. The van der Waals surface area contributed by atoms with E-state index in [1.54, 1.807) is 7.11 Å². The van der Waals surface area contributed by atoms with Gasteiger partial charge in [0.1, 0.15) is 5.75 Å². The summed E-state index contributed by atoms with van der Waals surface area (Å²) in [6, 6.07) is 12.4. The number of rotatable bonds is 9. The quantitative estimate of drug-likeness (QED) is 0.692. The Balaban J connectivity index is 1.75. The van der Waals surface area contributed by atoms with Crippen molar-refractivity contribution in [3.8, 4) is 5.75 Å². The Hall–Kier alpha value is -1.10. The Morgan fingerprint density at radius 2 is 1.76 bits per heavy atom. The van der Waals surface area contributed by atoms with Crippen LogP contribution in [-0.2, 0) is 4.74 Å². The maximum Gasteiger partial charge on any atom is 0.134 e. The van der Waals surface area contributed by atoms with Gasteiger partial charge in [-0.3, -0.25) is 0 Å². The van der Waals surface area contributed by atoms with Gasteiger partial charge in [-0.2, -0.15) is 0 Å². The first-order chi connectivity index (χ1) is 10.3. The Bertz CT molecular complexity index is 559. The minimum atomic E-state index is 0.716. The normalized spacial score (nSPS) is 11.0. The number of ether oxygens (including phenoxy) is 2. The summed E-state index contributed by atoms with van der Waals surface area (Å²) in [4.78, 5) is 0. The van der Waals surface area contributed by atoms with Crippen molar-refractivity contribution < 1.29 is 9.47 Å². The highest BCUT2D eigenvalue weighted by Gasteiger charge is 2.05. The molecule has 1 N–H and O–H groups in total. The van der Waals surface area contributed by atoms with Crippen molar-refractivity contribution in [3.05, 3.63) is 40.9 Å². The first-order valence-electron chi connectivity index (χ1n) is 7.32. The molecule has 0 spiro atoms.